The highest BCUT2D eigenvalue weighted by Crippen LogP contribution is 2.04. The molecule has 3 nitrogen and oxygen atoms in total. The van der Waals surface area contributed by atoms with Crippen molar-refractivity contribution < 1.29 is 0 Å². The predicted molar refractivity (Wildman–Crippen MR) is 62.7 cm³/mol. The van der Waals surface area contributed by atoms with Gasteiger partial charge in [0.25, 0.3) is 0 Å². The summed E-state index contributed by atoms with van der Waals surface area (Å²) in [7, 11) is 0. The first-order valence-electron chi connectivity index (χ1n) is 4.61. The van der Waals surface area contributed by atoms with Gasteiger partial charge < -0.3 is 5.32 Å². The molecule has 0 bridgehead atoms. The van der Waals surface area contributed by atoms with E-state index in [1.807, 2.05) is 10.9 Å². The van der Waals surface area contributed by atoms with Crippen LogP contribution < -0.4 is 5.32 Å². The Balaban J connectivity index is 2.31. The van der Waals surface area contributed by atoms with Gasteiger partial charge in [0.15, 0.2) is 0 Å². The number of hydrogen-bond donors (Lipinski definition) is 1. The van der Waals surface area contributed by atoms with E-state index in [0.29, 0.717) is 5.92 Å². The van der Waals surface area contributed by atoms with Crippen LogP contribution in [0.5, 0.6) is 0 Å². The van der Waals surface area contributed by atoms with Crippen LogP contribution in [-0.4, -0.2) is 22.9 Å². The zero-order valence-corrected chi connectivity index (χ0v) is 10.3. The Labute approximate surface area is 93.0 Å². The molecule has 1 unspecified atom stereocenters. The quantitative estimate of drug-likeness (QED) is 0.838. The third-order valence-corrected chi connectivity index (χ3v) is 2.40. The molecule has 0 aliphatic rings. The SMILES string of the molecule is CCNCC(C)Cn1cc(I)cn1. The molecule has 13 heavy (non-hydrogen) atoms. The summed E-state index contributed by atoms with van der Waals surface area (Å²) in [5, 5.41) is 7.58. The van der Waals surface area contributed by atoms with E-state index >= 15 is 0 Å². The molecule has 0 saturated carbocycles. The highest BCUT2D eigenvalue weighted by molar-refractivity contribution is 14.1. The van der Waals surface area contributed by atoms with Gasteiger partial charge in [-0.15, -0.1) is 0 Å². The fourth-order valence-corrected chi connectivity index (χ4v) is 1.66. The van der Waals surface area contributed by atoms with E-state index in [1.165, 1.54) is 3.57 Å². The summed E-state index contributed by atoms with van der Waals surface area (Å²) >= 11 is 2.28. The number of halogens is 1. The normalized spacial score (nSPS) is 13.2. The lowest BCUT2D eigenvalue weighted by molar-refractivity contribution is 0.426. The molecule has 74 valence electrons. The van der Waals surface area contributed by atoms with Crippen LogP contribution in [0.1, 0.15) is 13.8 Å². The number of aromatic nitrogens is 2. The summed E-state index contributed by atoms with van der Waals surface area (Å²) in [6, 6.07) is 0. The maximum Gasteiger partial charge on any atom is 0.0623 e. The zero-order chi connectivity index (χ0) is 9.68. The van der Waals surface area contributed by atoms with Gasteiger partial charge in [0, 0.05) is 12.7 Å². The van der Waals surface area contributed by atoms with E-state index in [1.54, 1.807) is 0 Å². The second-order valence-electron chi connectivity index (χ2n) is 3.29. The van der Waals surface area contributed by atoms with Gasteiger partial charge >= 0.3 is 0 Å². The maximum atomic E-state index is 4.25. The molecule has 1 atom stereocenters. The van der Waals surface area contributed by atoms with Gasteiger partial charge in [-0.25, -0.2) is 0 Å². The summed E-state index contributed by atoms with van der Waals surface area (Å²) in [4.78, 5) is 0. The molecule has 0 fully saturated rings. The molecule has 1 aromatic heterocycles. The molecule has 0 spiro atoms. The number of nitrogens with zero attached hydrogens (tertiary/aromatic N) is 2. The highest BCUT2D eigenvalue weighted by Gasteiger charge is 2.02. The summed E-state index contributed by atoms with van der Waals surface area (Å²) in [6.45, 7) is 7.46. The second kappa shape index (κ2) is 5.59. The maximum absolute atomic E-state index is 4.25. The van der Waals surface area contributed by atoms with E-state index in [0.717, 1.165) is 19.6 Å². The van der Waals surface area contributed by atoms with Crippen molar-refractivity contribution in [3.05, 3.63) is 16.0 Å². The van der Waals surface area contributed by atoms with E-state index in [4.69, 9.17) is 0 Å². The minimum absolute atomic E-state index is 0.635. The van der Waals surface area contributed by atoms with Crippen molar-refractivity contribution >= 4 is 22.6 Å². The molecule has 0 saturated heterocycles. The van der Waals surface area contributed by atoms with Crippen molar-refractivity contribution in [2.24, 2.45) is 5.92 Å². The van der Waals surface area contributed by atoms with Crippen molar-refractivity contribution in [1.82, 2.24) is 15.1 Å². The largest absolute Gasteiger partial charge is 0.317 e. The molecule has 1 aromatic rings. The molecule has 0 radical (unpaired) electrons. The molecule has 0 amide bonds. The van der Waals surface area contributed by atoms with Gasteiger partial charge in [-0.2, -0.15) is 5.10 Å². The first-order chi connectivity index (χ1) is 6.22. The second-order valence-corrected chi connectivity index (χ2v) is 4.54. The van der Waals surface area contributed by atoms with E-state index in [-0.39, 0.29) is 0 Å². The number of hydrogen-bond acceptors (Lipinski definition) is 2. The molecule has 1 heterocycles. The van der Waals surface area contributed by atoms with Crippen LogP contribution in [0, 0.1) is 9.49 Å². The van der Waals surface area contributed by atoms with Gasteiger partial charge in [0.2, 0.25) is 0 Å². The Morgan fingerprint density at radius 2 is 2.46 bits per heavy atom. The van der Waals surface area contributed by atoms with Gasteiger partial charge in [-0.05, 0) is 41.6 Å². The average Bonchev–Trinajstić information content (AvgIpc) is 2.48. The minimum Gasteiger partial charge on any atom is -0.317 e. The van der Waals surface area contributed by atoms with Crippen LogP contribution in [0.15, 0.2) is 12.4 Å². The smallest absolute Gasteiger partial charge is 0.0623 e. The summed E-state index contributed by atoms with van der Waals surface area (Å²) in [5.74, 6) is 0.635. The summed E-state index contributed by atoms with van der Waals surface area (Å²) in [6.07, 6.45) is 3.96. The van der Waals surface area contributed by atoms with Crippen LogP contribution in [-0.2, 0) is 6.54 Å². The van der Waals surface area contributed by atoms with Gasteiger partial charge in [0.1, 0.15) is 0 Å². The molecule has 1 N–H and O–H groups in total. The number of nitrogens with one attached hydrogen (secondary N) is 1. The highest BCUT2D eigenvalue weighted by atomic mass is 127. The topological polar surface area (TPSA) is 29.9 Å². The lowest BCUT2D eigenvalue weighted by atomic mass is 10.2. The Morgan fingerprint density at radius 3 is 3.00 bits per heavy atom. The van der Waals surface area contributed by atoms with Gasteiger partial charge in [-0.3, -0.25) is 4.68 Å². The monoisotopic (exact) mass is 293 g/mol. The summed E-state index contributed by atoms with van der Waals surface area (Å²) in [5.41, 5.74) is 0. The van der Waals surface area contributed by atoms with E-state index < -0.39 is 0 Å². The van der Waals surface area contributed by atoms with E-state index in [9.17, 15) is 0 Å². The molecular formula is C9H16IN3. The van der Waals surface area contributed by atoms with Crippen molar-refractivity contribution in [3.63, 3.8) is 0 Å². The van der Waals surface area contributed by atoms with Crippen molar-refractivity contribution in [1.29, 1.82) is 0 Å². The lowest BCUT2D eigenvalue weighted by Crippen LogP contribution is -2.23. The Bertz CT molecular complexity index is 247. The van der Waals surface area contributed by atoms with Crippen LogP contribution in [0.2, 0.25) is 0 Å². The Morgan fingerprint density at radius 1 is 1.69 bits per heavy atom. The standard InChI is InChI=1S/C9H16IN3/c1-3-11-4-8(2)6-13-7-9(10)5-12-13/h5,7-8,11H,3-4,6H2,1-2H3. The van der Waals surface area contributed by atoms with Crippen molar-refractivity contribution in [3.8, 4) is 0 Å². The van der Waals surface area contributed by atoms with Crippen LogP contribution in [0.4, 0.5) is 0 Å². The van der Waals surface area contributed by atoms with Crippen molar-refractivity contribution in [2.75, 3.05) is 13.1 Å². The molecule has 4 heteroatoms. The molecule has 0 aromatic carbocycles. The Hall–Kier alpha value is -0.100. The zero-order valence-electron chi connectivity index (χ0n) is 8.13. The van der Waals surface area contributed by atoms with Crippen LogP contribution in [0.3, 0.4) is 0 Å². The fraction of sp³-hybridized carbons (Fsp3) is 0.667. The van der Waals surface area contributed by atoms with Crippen LogP contribution >= 0.6 is 22.6 Å². The fourth-order valence-electron chi connectivity index (χ4n) is 1.21. The van der Waals surface area contributed by atoms with Crippen molar-refractivity contribution in [2.45, 2.75) is 20.4 Å². The molecule has 0 aliphatic carbocycles. The third-order valence-electron chi connectivity index (χ3n) is 1.84. The lowest BCUT2D eigenvalue weighted by Gasteiger charge is -2.11. The van der Waals surface area contributed by atoms with E-state index in [2.05, 4.69) is 53.1 Å². The molecular weight excluding hydrogens is 277 g/mol. The van der Waals surface area contributed by atoms with Crippen LogP contribution in [0.25, 0.3) is 0 Å². The van der Waals surface area contributed by atoms with Gasteiger partial charge in [0.05, 0.1) is 9.77 Å². The first kappa shape index (κ1) is 11.0. The molecule has 0 aliphatic heterocycles. The average molecular weight is 293 g/mol. The first-order valence-corrected chi connectivity index (χ1v) is 5.69. The predicted octanol–water partition coefficient (Wildman–Crippen LogP) is 1.73. The molecule has 1 rings (SSSR count). The summed E-state index contributed by atoms with van der Waals surface area (Å²) < 4.78 is 3.21. The number of rotatable bonds is 5. The van der Waals surface area contributed by atoms with Gasteiger partial charge in [-0.1, -0.05) is 13.8 Å². The Kier molecular flexibility index (Phi) is 4.72. The third kappa shape index (κ3) is 4.08. The minimum atomic E-state index is 0.635.